The van der Waals surface area contributed by atoms with Crippen LogP contribution in [0.5, 0.6) is 0 Å². The summed E-state index contributed by atoms with van der Waals surface area (Å²) in [5.41, 5.74) is -0.841. The highest BCUT2D eigenvalue weighted by Gasteiger charge is 2.37. The summed E-state index contributed by atoms with van der Waals surface area (Å²) in [5, 5.41) is 26.0. The van der Waals surface area contributed by atoms with Gasteiger partial charge in [-0.2, -0.15) is 0 Å². The average Bonchev–Trinajstić information content (AvgIpc) is 3.10. The lowest BCUT2D eigenvalue weighted by atomic mass is 9.92. The van der Waals surface area contributed by atoms with Crippen molar-refractivity contribution >= 4 is 29.8 Å². The van der Waals surface area contributed by atoms with Gasteiger partial charge in [-0.25, -0.2) is 0 Å². The fourth-order valence-corrected chi connectivity index (χ4v) is 6.17. The highest BCUT2D eigenvalue weighted by molar-refractivity contribution is 6.17. The number of ketones is 1. The number of hydrogen-bond acceptors (Lipinski definition) is 12. The predicted molar refractivity (Wildman–Crippen MR) is 219 cm³/mol. The molecule has 0 bridgehead atoms. The van der Waals surface area contributed by atoms with Crippen molar-refractivity contribution in [1.29, 1.82) is 0 Å². The van der Waals surface area contributed by atoms with E-state index in [0.29, 0.717) is 24.0 Å². The smallest absolute Gasteiger partial charge is 0.311 e. The van der Waals surface area contributed by atoms with Crippen LogP contribution < -0.4 is 0 Å². The number of aliphatic hydroxyl groups excluding tert-OH is 3. The lowest BCUT2D eigenvalue weighted by molar-refractivity contribution is -0.238. The number of ether oxygens (including phenoxy) is 5. The first-order valence-corrected chi connectivity index (χ1v) is 19.9. The van der Waals surface area contributed by atoms with E-state index in [0.717, 1.165) is 45.1 Å². The third-order valence-corrected chi connectivity index (χ3v) is 8.83. The van der Waals surface area contributed by atoms with Crippen LogP contribution in [-0.4, -0.2) is 132 Å². The summed E-state index contributed by atoms with van der Waals surface area (Å²) in [6, 6.07) is 0.466. The Labute approximate surface area is 338 Å². The van der Waals surface area contributed by atoms with E-state index in [1.807, 2.05) is 62.6 Å². The highest BCUT2D eigenvalue weighted by atomic mass is 35.5. The van der Waals surface area contributed by atoms with Gasteiger partial charge in [-0.15, -0.1) is 11.6 Å². The van der Waals surface area contributed by atoms with Gasteiger partial charge in [-0.1, -0.05) is 54.9 Å². The minimum atomic E-state index is -1.29. The van der Waals surface area contributed by atoms with E-state index in [1.54, 1.807) is 27.7 Å². The van der Waals surface area contributed by atoms with Crippen LogP contribution in [0.1, 0.15) is 122 Å². The van der Waals surface area contributed by atoms with E-state index in [2.05, 4.69) is 11.8 Å². The number of esters is 1. The van der Waals surface area contributed by atoms with Crippen molar-refractivity contribution in [2.75, 3.05) is 40.3 Å². The lowest BCUT2D eigenvalue weighted by Gasteiger charge is -2.37. The van der Waals surface area contributed by atoms with Crippen molar-refractivity contribution in [1.82, 2.24) is 4.90 Å². The molecule has 332 valence electrons. The molecule has 0 amide bonds. The van der Waals surface area contributed by atoms with Crippen molar-refractivity contribution in [3.05, 3.63) is 11.6 Å². The van der Waals surface area contributed by atoms with Crippen molar-refractivity contribution in [2.24, 2.45) is 23.7 Å². The molecule has 0 spiro atoms. The molecule has 5 unspecified atom stereocenters. The van der Waals surface area contributed by atoms with Crippen LogP contribution in [-0.2, 0) is 38.1 Å². The second kappa shape index (κ2) is 35.4. The summed E-state index contributed by atoms with van der Waals surface area (Å²) >= 11 is 5.00. The monoisotopic (exact) mass is 820 g/mol. The number of halogens is 1. The predicted octanol–water partition coefficient (Wildman–Crippen LogP) is 4.89. The first-order chi connectivity index (χ1) is 24.9. The molecule has 2 aliphatic rings. The summed E-state index contributed by atoms with van der Waals surface area (Å²) in [6.07, 6.45) is 5.17. The van der Waals surface area contributed by atoms with E-state index < -0.39 is 36.2 Å². The van der Waals surface area contributed by atoms with Crippen LogP contribution in [0.3, 0.4) is 0 Å². The summed E-state index contributed by atoms with van der Waals surface area (Å²) in [6.45, 7) is 22.5. The quantitative estimate of drug-likeness (QED) is 0.0820. The van der Waals surface area contributed by atoms with Crippen molar-refractivity contribution < 1.29 is 64.3 Å². The molecule has 0 aromatic carbocycles. The molecule has 0 aliphatic carbocycles. The summed E-state index contributed by atoms with van der Waals surface area (Å²) in [5.74, 6) is -0.617. The number of allylic oxidation sites excluding steroid dienone is 1. The van der Waals surface area contributed by atoms with Gasteiger partial charge in [0, 0.05) is 50.3 Å². The molecule has 0 aromatic rings. The Kier molecular flexibility index (Phi) is 40.3. The number of Topliss-reactive ketones (excluding diaryl/α,β-unsaturated/α-hetero) is 1. The number of carbonyl (C=O) groups is 3. The van der Waals surface area contributed by atoms with Gasteiger partial charge in [0.05, 0.1) is 24.2 Å². The minimum absolute atomic E-state index is 0. The maximum atomic E-state index is 13.0. The summed E-state index contributed by atoms with van der Waals surface area (Å²) in [7, 11) is 5.07. The van der Waals surface area contributed by atoms with E-state index in [-0.39, 0.29) is 60.5 Å². The largest absolute Gasteiger partial charge is 0.461 e. The molecular weight excluding hydrogens is 738 g/mol. The second-order valence-electron chi connectivity index (χ2n) is 14.3. The molecule has 2 rings (SSSR count). The fourth-order valence-electron chi connectivity index (χ4n) is 6.17. The molecule has 11 atom stereocenters. The summed E-state index contributed by atoms with van der Waals surface area (Å²) in [4.78, 5) is 38.9. The van der Waals surface area contributed by atoms with Crippen LogP contribution in [0.15, 0.2) is 11.6 Å². The molecule has 0 saturated carbocycles. The third kappa shape index (κ3) is 26.8. The third-order valence-electron chi connectivity index (χ3n) is 8.83. The topological polar surface area (TPSA) is 224 Å². The Hall–Kier alpha value is -1.72. The zero-order chi connectivity index (χ0) is 41.9. The Balaban J connectivity index is -0.000000346. The zero-order valence-corrected chi connectivity index (χ0v) is 37.5. The van der Waals surface area contributed by atoms with Crippen LogP contribution >= 0.6 is 11.6 Å². The number of rotatable bonds is 16. The van der Waals surface area contributed by atoms with Crippen LogP contribution in [0.4, 0.5) is 0 Å². The van der Waals surface area contributed by atoms with Crippen molar-refractivity contribution in [3.63, 3.8) is 0 Å². The SMILES string of the molecule is CC.CC1CC(N(C)C)CC(O)O1.CCC[C@@H](C)C(=O)/C(C)=C/[C@@](C)(COC(=O)C(C)[C@@H](O[C@H]1CC(C)C[C@H](C)O1)[C@H](C)CO)OC=O.CCCl.CO.O.O. The maximum absolute atomic E-state index is 13.0. The normalized spacial score (nSPS) is 25.1. The Morgan fingerprint density at radius 1 is 0.982 bits per heavy atom. The number of hydrogen-bond donors (Lipinski definition) is 3. The standard InChI is InChI=1S/C27H46O8.C8H17NO2.C2H5Cl.C2H6.CH4O.2H2O/c1-9-10-18(3)24(30)19(4)13-27(8,33-16-29)15-32-26(31)22(7)25(20(5)14-28)35-23-12-17(2)11-21(6)34-23;1-6-4-7(9(2)3)5-8(10)11-6;1-2-3;2*1-2;;/h13,16-18,20-23,25,28H,9-12,14-15H2,1-8H3;6-8,10H,4-5H2,1-3H3;2H2,1H3;1-2H3;2H,1H3;2*1H2/b19-13+;;;;;;/t17?,18-,20-,21+,22?,23+,25+,27+;;;;;;/m1....../s1. The highest BCUT2D eigenvalue weighted by Crippen LogP contribution is 2.30. The van der Waals surface area contributed by atoms with Gasteiger partial charge in [-0.05, 0) is 85.5 Å². The Morgan fingerprint density at radius 2 is 1.51 bits per heavy atom. The van der Waals surface area contributed by atoms with Gasteiger partial charge < -0.3 is 54.9 Å². The maximum Gasteiger partial charge on any atom is 0.311 e. The number of carbonyl (C=O) groups excluding carboxylic acids is 3. The molecule has 15 heteroatoms. The van der Waals surface area contributed by atoms with E-state index in [9.17, 15) is 24.6 Å². The van der Waals surface area contributed by atoms with E-state index in [4.69, 9.17) is 40.4 Å². The first-order valence-electron chi connectivity index (χ1n) is 19.3. The van der Waals surface area contributed by atoms with Crippen LogP contribution in [0, 0.1) is 23.7 Å². The molecule has 0 radical (unpaired) electrons. The summed E-state index contributed by atoms with van der Waals surface area (Å²) < 4.78 is 28.0. The van der Waals surface area contributed by atoms with Gasteiger partial charge in [0.15, 0.2) is 24.0 Å². The van der Waals surface area contributed by atoms with Gasteiger partial charge in [-0.3, -0.25) is 14.4 Å². The lowest BCUT2D eigenvalue weighted by Crippen LogP contribution is -2.43. The molecule has 55 heavy (non-hydrogen) atoms. The van der Waals surface area contributed by atoms with Gasteiger partial charge in [0.25, 0.3) is 6.47 Å². The van der Waals surface area contributed by atoms with Gasteiger partial charge in [0.1, 0.15) is 6.61 Å². The van der Waals surface area contributed by atoms with Crippen LogP contribution in [0.2, 0.25) is 0 Å². The zero-order valence-electron chi connectivity index (χ0n) is 36.7. The van der Waals surface area contributed by atoms with Crippen LogP contribution in [0.25, 0.3) is 0 Å². The minimum Gasteiger partial charge on any atom is -0.461 e. The van der Waals surface area contributed by atoms with E-state index >= 15 is 0 Å². The molecule has 2 saturated heterocycles. The number of alkyl halides is 1. The molecular formula is C40H82ClNO13. The molecule has 2 heterocycles. The molecule has 7 N–H and O–H groups in total. The van der Waals surface area contributed by atoms with Crippen molar-refractivity contribution in [2.45, 2.75) is 164 Å². The fraction of sp³-hybridized carbons (Fsp3) is 0.875. The first kappa shape index (κ1) is 62.5. The molecule has 2 fully saturated rings. The number of nitrogens with zero attached hydrogens (tertiary/aromatic N) is 1. The van der Waals surface area contributed by atoms with Crippen molar-refractivity contribution in [3.8, 4) is 0 Å². The van der Waals surface area contributed by atoms with E-state index in [1.165, 1.54) is 6.08 Å². The molecule has 14 nitrogen and oxygen atoms in total. The van der Waals surface area contributed by atoms with Gasteiger partial charge in [0.2, 0.25) is 0 Å². The number of aliphatic hydroxyl groups is 3. The molecule has 2 aliphatic heterocycles. The molecule has 0 aromatic heterocycles. The average molecular weight is 821 g/mol. The Morgan fingerprint density at radius 3 is 1.95 bits per heavy atom. The Bertz CT molecular complexity index is 969. The van der Waals surface area contributed by atoms with Gasteiger partial charge >= 0.3 is 5.97 Å². The second-order valence-corrected chi connectivity index (χ2v) is 14.8.